The highest BCUT2D eigenvalue weighted by Crippen LogP contribution is 2.30. The van der Waals surface area contributed by atoms with E-state index in [2.05, 4.69) is 18.7 Å². The molecule has 0 atom stereocenters. The van der Waals surface area contributed by atoms with E-state index < -0.39 is 16.4 Å². The second-order valence-corrected chi connectivity index (χ2v) is 5.56. The highest BCUT2D eigenvalue weighted by atomic mass is 19.1. The van der Waals surface area contributed by atoms with Crippen molar-refractivity contribution in [3.63, 3.8) is 0 Å². The fourth-order valence-corrected chi connectivity index (χ4v) is 2.30. The fraction of sp³-hybridized carbons (Fsp3) is 0.571. The van der Waals surface area contributed by atoms with Gasteiger partial charge in [0.25, 0.3) is 0 Å². The largest absolute Gasteiger partial charge is 0.305 e. The summed E-state index contributed by atoms with van der Waals surface area (Å²) in [4.78, 5) is 12.3. The van der Waals surface area contributed by atoms with Gasteiger partial charge in [0.05, 0.1) is 4.92 Å². The van der Waals surface area contributed by atoms with Crippen molar-refractivity contribution in [3.05, 3.63) is 39.7 Å². The quantitative estimate of drug-likeness (QED) is 0.586. The van der Waals surface area contributed by atoms with Gasteiger partial charge in [0.1, 0.15) is 0 Å². The van der Waals surface area contributed by atoms with Gasteiger partial charge in [0.15, 0.2) is 0 Å². The molecule has 19 heavy (non-hydrogen) atoms. The topological polar surface area (TPSA) is 46.4 Å². The number of nitrogens with zero attached hydrogens (tertiary/aromatic N) is 2. The lowest BCUT2D eigenvalue weighted by Crippen LogP contribution is -2.29. The van der Waals surface area contributed by atoms with Crippen LogP contribution in [0.2, 0.25) is 0 Å². The van der Waals surface area contributed by atoms with Crippen molar-refractivity contribution in [1.29, 1.82) is 0 Å². The Morgan fingerprint density at radius 3 is 2.68 bits per heavy atom. The molecule has 0 radical (unpaired) electrons. The van der Waals surface area contributed by atoms with Crippen LogP contribution in [0, 0.1) is 21.8 Å². The van der Waals surface area contributed by atoms with Gasteiger partial charge in [-0.1, -0.05) is 26.0 Å². The molecule has 1 aromatic rings. The maximum atomic E-state index is 14.0. The Labute approximate surface area is 112 Å². The van der Waals surface area contributed by atoms with E-state index >= 15 is 0 Å². The molecule has 0 aliphatic heterocycles. The lowest BCUT2D eigenvalue weighted by atomic mass is 10.1. The Kier molecular flexibility index (Phi) is 4.14. The van der Waals surface area contributed by atoms with Crippen LogP contribution >= 0.6 is 0 Å². The number of hydrogen-bond donors (Lipinski definition) is 0. The summed E-state index contributed by atoms with van der Waals surface area (Å²) in [6.07, 6.45) is 2.28. The van der Waals surface area contributed by atoms with E-state index in [1.54, 1.807) is 12.1 Å². The summed E-state index contributed by atoms with van der Waals surface area (Å²) < 4.78 is 14.0. The van der Waals surface area contributed by atoms with Gasteiger partial charge in [-0.05, 0) is 18.8 Å². The van der Waals surface area contributed by atoms with Crippen molar-refractivity contribution in [2.45, 2.75) is 39.3 Å². The highest BCUT2D eigenvalue weighted by Gasteiger charge is 2.30. The zero-order chi connectivity index (χ0) is 14.0. The van der Waals surface area contributed by atoms with Crippen molar-refractivity contribution in [2.75, 3.05) is 6.54 Å². The van der Waals surface area contributed by atoms with Crippen LogP contribution in [0.15, 0.2) is 18.2 Å². The number of halogens is 1. The molecular formula is C14H19FN2O2. The minimum atomic E-state index is -0.693. The molecule has 1 saturated carbocycles. The molecule has 0 bridgehead atoms. The molecule has 5 heteroatoms. The molecule has 0 N–H and O–H groups in total. The van der Waals surface area contributed by atoms with Gasteiger partial charge in [-0.25, -0.2) is 0 Å². The first-order valence-corrected chi connectivity index (χ1v) is 6.65. The summed E-state index contributed by atoms with van der Waals surface area (Å²) in [5.41, 5.74) is -0.0143. The van der Waals surface area contributed by atoms with E-state index in [-0.39, 0.29) is 0 Å². The van der Waals surface area contributed by atoms with Crippen molar-refractivity contribution >= 4 is 5.69 Å². The van der Waals surface area contributed by atoms with Gasteiger partial charge in [-0.15, -0.1) is 0 Å². The van der Waals surface area contributed by atoms with E-state index in [0.29, 0.717) is 24.1 Å². The zero-order valence-electron chi connectivity index (χ0n) is 11.3. The first-order valence-electron chi connectivity index (χ1n) is 6.65. The predicted octanol–water partition coefficient (Wildman–Crippen LogP) is 3.35. The minimum absolute atomic E-state index is 0.418. The summed E-state index contributed by atoms with van der Waals surface area (Å²) in [6, 6.07) is 4.92. The molecule has 1 aliphatic carbocycles. The molecule has 0 amide bonds. The maximum Gasteiger partial charge on any atom is 0.305 e. The normalized spacial score (nSPS) is 15.2. The second kappa shape index (κ2) is 5.65. The van der Waals surface area contributed by atoms with Crippen LogP contribution in [0.1, 0.15) is 32.3 Å². The summed E-state index contributed by atoms with van der Waals surface area (Å²) in [5, 5.41) is 10.7. The summed E-state index contributed by atoms with van der Waals surface area (Å²) in [7, 11) is 0. The second-order valence-electron chi connectivity index (χ2n) is 5.56. The van der Waals surface area contributed by atoms with Gasteiger partial charge in [0, 0.05) is 30.8 Å². The van der Waals surface area contributed by atoms with Gasteiger partial charge >= 0.3 is 5.69 Å². The van der Waals surface area contributed by atoms with E-state index in [1.165, 1.54) is 6.07 Å². The smallest absolute Gasteiger partial charge is 0.296 e. The Hall–Kier alpha value is -1.49. The van der Waals surface area contributed by atoms with Crippen molar-refractivity contribution in [3.8, 4) is 0 Å². The lowest BCUT2D eigenvalue weighted by Gasteiger charge is -2.24. The molecular weight excluding hydrogens is 247 g/mol. The zero-order valence-corrected chi connectivity index (χ0v) is 11.3. The Morgan fingerprint density at radius 2 is 2.16 bits per heavy atom. The standard InChI is InChI=1S/C14H19FN2O2/c1-10(2)8-16(12-6-7-12)9-11-4-3-5-13(14(11)15)17(18)19/h3-5,10,12H,6-9H2,1-2H3. The monoisotopic (exact) mass is 266 g/mol. The number of hydrogen-bond acceptors (Lipinski definition) is 3. The summed E-state index contributed by atoms with van der Waals surface area (Å²) in [6.45, 7) is 5.60. The third-order valence-electron chi connectivity index (χ3n) is 3.29. The van der Waals surface area contributed by atoms with Crippen LogP contribution in [0.25, 0.3) is 0 Å². The number of nitro groups is 1. The molecule has 1 fully saturated rings. The van der Waals surface area contributed by atoms with Crippen molar-refractivity contribution < 1.29 is 9.31 Å². The van der Waals surface area contributed by atoms with Crippen LogP contribution in [0.5, 0.6) is 0 Å². The van der Waals surface area contributed by atoms with Crippen LogP contribution in [-0.2, 0) is 6.54 Å². The Bertz CT molecular complexity index is 473. The summed E-state index contributed by atoms with van der Waals surface area (Å²) >= 11 is 0. The Balaban J connectivity index is 2.17. The third-order valence-corrected chi connectivity index (χ3v) is 3.29. The highest BCUT2D eigenvalue weighted by molar-refractivity contribution is 5.36. The minimum Gasteiger partial charge on any atom is -0.296 e. The average molecular weight is 266 g/mol. The van der Waals surface area contributed by atoms with Crippen molar-refractivity contribution in [2.24, 2.45) is 5.92 Å². The molecule has 1 aliphatic rings. The third kappa shape index (κ3) is 3.50. The summed E-state index contributed by atoms with van der Waals surface area (Å²) in [5.74, 6) is -0.190. The van der Waals surface area contributed by atoms with E-state index in [9.17, 15) is 14.5 Å². The van der Waals surface area contributed by atoms with Gasteiger partial charge in [-0.3, -0.25) is 15.0 Å². The van der Waals surface area contributed by atoms with Crippen LogP contribution in [-0.4, -0.2) is 22.4 Å². The molecule has 1 aromatic carbocycles. The van der Waals surface area contributed by atoms with E-state index in [1.807, 2.05) is 0 Å². The number of rotatable bonds is 6. The molecule has 0 unspecified atom stereocenters. The molecule has 4 nitrogen and oxygen atoms in total. The molecule has 0 heterocycles. The number of benzene rings is 1. The van der Waals surface area contributed by atoms with Crippen LogP contribution < -0.4 is 0 Å². The first kappa shape index (κ1) is 13.9. The van der Waals surface area contributed by atoms with Crippen molar-refractivity contribution in [1.82, 2.24) is 4.90 Å². The van der Waals surface area contributed by atoms with Gasteiger partial charge < -0.3 is 0 Å². The van der Waals surface area contributed by atoms with E-state index in [4.69, 9.17) is 0 Å². The molecule has 0 aromatic heterocycles. The predicted molar refractivity (Wildman–Crippen MR) is 71.3 cm³/mol. The lowest BCUT2D eigenvalue weighted by molar-refractivity contribution is -0.387. The fourth-order valence-electron chi connectivity index (χ4n) is 2.30. The SMILES string of the molecule is CC(C)CN(Cc1cccc([N+](=O)[O-])c1F)C1CC1. The van der Waals surface area contributed by atoms with Crippen LogP contribution in [0.3, 0.4) is 0 Å². The Morgan fingerprint density at radius 1 is 1.47 bits per heavy atom. The van der Waals surface area contributed by atoms with Gasteiger partial charge in [0.2, 0.25) is 5.82 Å². The first-order chi connectivity index (χ1) is 8.99. The van der Waals surface area contributed by atoms with Crippen LogP contribution in [0.4, 0.5) is 10.1 Å². The molecule has 104 valence electrons. The van der Waals surface area contributed by atoms with Gasteiger partial charge in [-0.2, -0.15) is 4.39 Å². The molecule has 0 saturated heterocycles. The number of nitro benzene ring substituents is 1. The van der Waals surface area contributed by atoms with E-state index in [0.717, 1.165) is 19.4 Å². The maximum absolute atomic E-state index is 14.0. The molecule has 0 spiro atoms. The molecule has 2 rings (SSSR count). The average Bonchev–Trinajstić information content (AvgIpc) is 3.13.